The number of anilines is 1. The molecular formula is C13H20BrN3OS. The van der Waals surface area contributed by atoms with E-state index in [0.29, 0.717) is 11.4 Å². The smallest absolute Gasteiger partial charge is 0.0554 e. The van der Waals surface area contributed by atoms with Gasteiger partial charge in [0, 0.05) is 48.6 Å². The van der Waals surface area contributed by atoms with Crippen LogP contribution in [0.25, 0.3) is 0 Å². The first-order valence-electron chi connectivity index (χ1n) is 6.40. The van der Waals surface area contributed by atoms with E-state index in [0.717, 1.165) is 42.1 Å². The van der Waals surface area contributed by atoms with Crippen molar-refractivity contribution in [3.63, 3.8) is 0 Å². The van der Waals surface area contributed by atoms with Gasteiger partial charge in [0.2, 0.25) is 0 Å². The number of rotatable bonds is 4. The number of piperazine rings is 1. The number of nitrogens with zero attached hydrogens (tertiary/aromatic N) is 2. The van der Waals surface area contributed by atoms with Crippen molar-refractivity contribution in [1.82, 2.24) is 9.80 Å². The van der Waals surface area contributed by atoms with E-state index >= 15 is 0 Å². The van der Waals surface area contributed by atoms with Gasteiger partial charge >= 0.3 is 0 Å². The molecule has 1 aromatic rings. The highest BCUT2D eigenvalue weighted by Crippen LogP contribution is 2.23. The van der Waals surface area contributed by atoms with Gasteiger partial charge in [-0.25, -0.2) is 0 Å². The van der Waals surface area contributed by atoms with Crippen LogP contribution in [0.3, 0.4) is 0 Å². The lowest BCUT2D eigenvalue weighted by molar-refractivity contribution is 0.161. The second kappa shape index (κ2) is 6.83. The van der Waals surface area contributed by atoms with Gasteiger partial charge in [-0.2, -0.15) is 0 Å². The minimum absolute atomic E-state index is 0.673. The van der Waals surface area contributed by atoms with Gasteiger partial charge in [-0.05, 0) is 41.2 Å². The Morgan fingerprint density at radius 1 is 1.32 bits per heavy atom. The molecule has 106 valence electrons. The number of likely N-dealkylation sites (N-methyl/N-ethyl adjacent to an activating group) is 1. The zero-order valence-corrected chi connectivity index (χ0v) is 13.5. The maximum absolute atomic E-state index is 12.3. The highest BCUT2D eigenvalue weighted by molar-refractivity contribution is 9.10. The van der Waals surface area contributed by atoms with Crippen molar-refractivity contribution in [3.05, 3.63) is 22.7 Å². The molecule has 1 heterocycles. The summed E-state index contributed by atoms with van der Waals surface area (Å²) in [5.74, 6) is 0.673. The van der Waals surface area contributed by atoms with Gasteiger partial charge < -0.3 is 10.6 Å². The van der Waals surface area contributed by atoms with Crippen LogP contribution in [0.1, 0.15) is 0 Å². The predicted molar refractivity (Wildman–Crippen MR) is 83.8 cm³/mol. The summed E-state index contributed by atoms with van der Waals surface area (Å²) < 4.78 is 13.1. The quantitative estimate of drug-likeness (QED) is 0.837. The van der Waals surface area contributed by atoms with Gasteiger partial charge in [-0.3, -0.25) is 9.11 Å². The van der Waals surface area contributed by atoms with E-state index in [9.17, 15) is 4.21 Å². The highest BCUT2D eigenvalue weighted by atomic mass is 79.9. The molecule has 1 atom stereocenters. The first-order valence-corrected chi connectivity index (χ1v) is 8.52. The molecule has 4 nitrogen and oxygen atoms in total. The van der Waals surface area contributed by atoms with E-state index in [2.05, 4.69) is 32.8 Å². The van der Waals surface area contributed by atoms with Gasteiger partial charge in [0.25, 0.3) is 0 Å². The minimum atomic E-state index is -0.971. The van der Waals surface area contributed by atoms with Crippen LogP contribution in [0, 0.1) is 0 Å². The molecule has 0 spiro atoms. The highest BCUT2D eigenvalue weighted by Gasteiger charge is 2.15. The van der Waals surface area contributed by atoms with Crippen LogP contribution in [0.2, 0.25) is 0 Å². The van der Waals surface area contributed by atoms with Crippen LogP contribution in [0.5, 0.6) is 0 Å². The zero-order chi connectivity index (χ0) is 13.8. The molecule has 0 radical (unpaired) electrons. The number of hydrogen-bond acceptors (Lipinski definition) is 4. The third-order valence-electron chi connectivity index (χ3n) is 3.39. The molecule has 1 aromatic carbocycles. The molecule has 19 heavy (non-hydrogen) atoms. The van der Waals surface area contributed by atoms with E-state index in [4.69, 9.17) is 5.73 Å². The topological polar surface area (TPSA) is 49.6 Å². The van der Waals surface area contributed by atoms with Gasteiger partial charge in [0.1, 0.15) is 0 Å². The largest absolute Gasteiger partial charge is 0.399 e. The average molecular weight is 346 g/mol. The van der Waals surface area contributed by atoms with Gasteiger partial charge in [-0.15, -0.1) is 0 Å². The molecular weight excluding hydrogens is 326 g/mol. The standard InChI is InChI=1S/C13H20BrN3OS/c1-16-4-6-17(7-5-16)8-9-19(18)13-3-2-11(15)10-12(13)14/h2-3,10H,4-9,15H2,1H3. The van der Waals surface area contributed by atoms with Crippen molar-refractivity contribution < 1.29 is 4.21 Å². The molecule has 6 heteroatoms. The molecule has 0 aliphatic carbocycles. The van der Waals surface area contributed by atoms with Crippen molar-refractivity contribution >= 4 is 32.4 Å². The molecule has 2 rings (SSSR count). The summed E-state index contributed by atoms with van der Waals surface area (Å²) in [6, 6.07) is 5.45. The Kier molecular flexibility index (Phi) is 5.38. The SMILES string of the molecule is CN1CCN(CCS(=O)c2ccc(N)cc2Br)CC1. The number of nitrogen functional groups attached to an aromatic ring is 1. The van der Waals surface area contributed by atoms with Crippen LogP contribution in [0.15, 0.2) is 27.6 Å². The van der Waals surface area contributed by atoms with E-state index in [1.807, 2.05) is 12.1 Å². The lowest BCUT2D eigenvalue weighted by Crippen LogP contribution is -2.45. The molecule has 1 fully saturated rings. The molecule has 1 aliphatic rings. The molecule has 1 saturated heterocycles. The maximum Gasteiger partial charge on any atom is 0.0554 e. The van der Waals surface area contributed by atoms with E-state index < -0.39 is 10.8 Å². The Bertz CT molecular complexity index is 461. The monoisotopic (exact) mass is 345 g/mol. The third kappa shape index (κ3) is 4.27. The zero-order valence-electron chi connectivity index (χ0n) is 11.1. The van der Waals surface area contributed by atoms with Gasteiger partial charge in [0.05, 0.1) is 15.7 Å². The Hall–Kier alpha value is -0.430. The minimum Gasteiger partial charge on any atom is -0.399 e. The summed E-state index contributed by atoms with van der Waals surface area (Å²) in [6.07, 6.45) is 0. The third-order valence-corrected chi connectivity index (χ3v) is 5.71. The number of nitrogens with two attached hydrogens (primary N) is 1. The van der Waals surface area contributed by atoms with Gasteiger partial charge in [0.15, 0.2) is 0 Å². The number of hydrogen-bond donors (Lipinski definition) is 1. The van der Waals surface area contributed by atoms with E-state index in [1.165, 1.54) is 0 Å². The molecule has 2 N–H and O–H groups in total. The maximum atomic E-state index is 12.3. The first-order chi connectivity index (χ1) is 9.06. The second-order valence-electron chi connectivity index (χ2n) is 4.88. The second-order valence-corrected chi connectivity index (χ2v) is 7.28. The van der Waals surface area contributed by atoms with Crippen LogP contribution in [-0.2, 0) is 10.8 Å². The molecule has 0 saturated carbocycles. The lowest BCUT2D eigenvalue weighted by atomic mass is 10.3. The van der Waals surface area contributed by atoms with Crippen molar-refractivity contribution in [2.75, 3.05) is 51.3 Å². The average Bonchev–Trinajstić information content (AvgIpc) is 2.37. The Balaban J connectivity index is 1.87. The van der Waals surface area contributed by atoms with E-state index in [-0.39, 0.29) is 0 Å². The molecule has 0 bridgehead atoms. The summed E-state index contributed by atoms with van der Waals surface area (Å²) in [7, 11) is 1.17. The number of halogens is 1. The summed E-state index contributed by atoms with van der Waals surface area (Å²) in [5, 5.41) is 0. The summed E-state index contributed by atoms with van der Waals surface area (Å²) in [4.78, 5) is 5.54. The fraction of sp³-hybridized carbons (Fsp3) is 0.538. The first kappa shape index (κ1) is 15.0. The Morgan fingerprint density at radius 2 is 2.00 bits per heavy atom. The van der Waals surface area contributed by atoms with Crippen molar-refractivity contribution in [1.29, 1.82) is 0 Å². The summed E-state index contributed by atoms with van der Waals surface area (Å²) in [5.41, 5.74) is 6.38. The normalized spacial score (nSPS) is 19.5. The van der Waals surface area contributed by atoms with Crippen LogP contribution < -0.4 is 5.73 Å². The van der Waals surface area contributed by atoms with Crippen molar-refractivity contribution in [3.8, 4) is 0 Å². The fourth-order valence-corrected chi connectivity index (χ4v) is 4.17. The van der Waals surface area contributed by atoms with Crippen LogP contribution in [0.4, 0.5) is 5.69 Å². The van der Waals surface area contributed by atoms with Crippen molar-refractivity contribution in [2.24, 2.45) is 0 Å². The van der Waals surface area contributed by atoms with Crippen molar-refractivity contribution in [2.45, 2.75) is 4.90 Å². The predicted octanol–water partition coefficient (Wildman–Crippen LogP) is 1.39. The van der Waals surface area contributed by atoms with Gasteiger partial charge in [-0.1, -0.05) is 0 Å². The lowest BCUT2D eigenvalue weighted by Gasteiger charge is -2.32. The Morgan fingerprint density at radius 3 is 2.63 bits per heavy atom. The molecule has 1 unspecified atom stereocenters. The molecule has 1 aliphatic heterocycles. The molecule has 0 amide bonds. The van der Waals surface area contributed by atoms with E-state index in [1.54, 1.807) is 6.07 Å². The van der Waals surface area contributed by atoms with Crippen LogP contribution in [-0.4, -0.2) is 59.5 Å². The number of benzene rings is 1. The fourth-order valence-electron chi connectivity index (χ4n) is 2.10. The Labute approximate surface area is 125 Å². The summed E-state index contributed by atoms with van der Waals surface area (Å²) >= 11 is 3.43. The summed E-state index contributed by atoms with van der Waals surface area (Å²) in [6.45, 7) is 5.21. The van der Waals surface area contributed by atoms with Crippen LogP contribution >= 0.6 is 15.9 Å². The molecule has 0 aromatic heterocycles.